The van der Waals surface area contributed by atoms with Crippen molar-refractivity contribution in [1.82, 2.24) is 0 Å². The van der Waals surface area contributed by atoms with Crippen LogP contribution in [0.2, 0.25) is 0 Å². The van der Waals surface area contributed by atoms with E-state index in [1.54, 1.807) is 6.07 Å². The number of benzene rings is 4. The smallest absolute Gasteiger partial charge is 0.159 e. The summed E-state index contributed by atoms with van der Waals surface area (Å²) in [6.45, 7) is 2.25. The molecule has 0 aliphatic carbocycles. The van der Waals surface area contributed by atoms with E-state index in [1.807, 2.05) is 24.3 Å². The maximum absolute atomic E-state index is 13.5. The van der Waals surface area contributed by atoms with Gasteiger partial charge in [-0.25, -0.2) is 8.78 Å². The molecular weight excluding hydrogens is 386 g/mol. The molecule has 0 heterocycles. The van der Waals surface area contributed by atoms with Crippen LogP contribution in [0.1, 0.15) is 44.6 Å². The lowest BCUT2D eigenvalue weighted by molar-refractivity contribution is 0.509. The Kier molecular flexibility index (Phi) is 6.76. The van der Waals surface area contributed by atoms with Gasteiger partial charge in [-0.1, -0.05) is 93.3 Å². The highest BCUT2D eigenvalue weighted by Gasteiger charge is 2.06. The monoisotopic (exact) mass is 414 g/mol. The van der Waals surface area contributed by atoms with E-state index in [4.69, 9.17) is 0 Å². The molecule has 0 aromatic heterocycles. The second kappa shape index (κ2) is 9.87. The van der Waals surface area contributed by atoms with E-state index >= 15 is 0 Å². The maximum Gasteiger partial charge on any atom is 0.159 e. The van der Waals surface area contributed by atoms with Gasteiger partial charge in [0.1, 0.15) is 0 Å². The lowest BCUT2D eigenvalue weighted by Gasteiger charge is -2.08. The first-order valence-corrected chi connectivity index (χ1v) is 11.2. The Labute approximate surface area is 183 Å². The van der Waals surface area contributed by atoms with Crippen LogP contribution in [0.3, 0.4) is 0 Å². The molecule has 4 aromatic carbocycles. The summed E-state index contributed by atoms with van der Waals surface area (Å²) in [4.78, 5) is 0. The molecular formula is C29H28F2. The predicted octanol–water partition coefficient (Wildman–Crippen LogP) is 8.96. The van der Waals surface area contributed by atoms with Gasteiger partial charge in [0, 0.05) is 0 Å². The third kappa shape index (κ3) is 5.19. The molecule has 158 valence electrons. The summed E-state index contributed by atoms with van der Waals surface area (Å²) in [7, 11) is 0. The number of hydrogen-bond acceptors (Lipinski definition) is 0. The van der Waals surface area contributed by atoms with Crippen LogP contribution in [0, 0.1) is 11.6 Å². The highest BCUT2D eigenvalue weighted by atomic mass is 19.2. The average Bonchev–Trinajstić information content (AvgIpc) is 2.80. The van der Waals surface area contributed by atoms with Crippen molar-refractivity contribution in [2.24, 2.45) is 0 Å². The zero-order chi connectivity index (χ0) is 21.6. The van der Waals surface area contributed by atoms with Crippen LogP contribution in [0.4, 0.5) is 8.78 Å². The molecule has 0 amide bonds. The quantitative estimate of drug-likeness (QED) is 0.252. The molecule has 0 nitrogen and oxygen atoms in total. The van der Waals surface area contributed by atoms with E-state index in [1.165, 1.54) is 60.6 Å². The van der Waals surface area contributed by atoms with Crippen LogP contribution >= 0.6 is 0 Å². The first-order chi connectivity index (χ1) is 15.1. The summed E-state index contributed by atoms with van der Waals surface area (Å²) < 4.78 is 26.7. The van der Waals surface area contributed by atoms with Gasteiger partial charge in [-0.3, -0.25) is 0 Å². The molecule has 0 unspecified atom stereocenters. The lowest BCUT2D eigenvalue weighted by atomic mass is 9.97. The van der Waals surface area contributed by atoms with E-state index in [0.29, 0.717) is 5.56 Å². The Bertz CT molecular complexity index is 1160. The van der Waals surface area contributed by atoms with Gasteiger partial charge in [0.05, 0.1) is 0 Å². The second-order valence-electron chi connectivity index (χ2n) is 8.27. The van der Waals surface area contributed by atoms with Gasteiger partial charge >= 0.3 is 0 Å². The Morgan fingerprint density at radius 2 is 1.10 bits per heavy atom. The van der Waals surface area contributed by atoms with Gasteiger partial charge in [-0.05, 0) is 69.6 Å². The summed E-state index contributed by atoms with van der Waals surface area (Å²) in [5, 5.41) is 2.50. The van der Waals surface area contributed by atoms with Gasteiger partial charge < -0.3 is 0 Å². The van der Waals surface area contributed by atoms with Crippen molar-refractivity contribution < 1.29 is 8.78 Å². The zero-order valence-corrected chi connectivity index (χ0v) is 18.0. The van der Waals surface area contributed by atoms with Crippen molar-refractivity contribution in [2.45, 2.75) is 45.4 Å². The van der Waals surface area contributed by atoms with Gasteiger partial charge in [0.25, 0.3) is 0 Å². The molecule has 0 bridgehead atoms. The Balaban J connectivity index is 1.49. The van der Waals surface area contributed by atoms with Crippen LogP contribution in [0.25, 0.3) is 33.0 Å². The number of fused-ring (bicyclic) bond motifs is 1. The standard InChI is InChI=1S/C29H28F2/c1-2-3-4-5-6-7-21-8-9-26-19-25(15-14-24(26)18-21)22-10-12-23(13-11-22)27-16-17-28(30)29(31)20-27/h8-20H,2-7H2,1H3. The van der Waals surface area contributed by atoms with Crippen LogP contribution in [-0.4, -0.2) is 0 Å². The molecule has 0 saturated heterocycles. The number of rotatable bonds is 8. The molecule has 0 fully saturated rings. The Hall–Kier alpha value is -3.00. The molecule has 0 spiro atoms. The van der Waals surface area contributed by atoms with Gasteiger partial charge in [-0.15, -0.1) is 0 Å². The number of hydrogen-bond donors (Lipinski definition) is 0. The summed E-state index contributed by atoms with van der Waals surface area (Å²) in [5.74, 6) is -1.65. The molecule has 0 radical (unpaired) electrons. The second-order valence-corrected chi connectivity index (χ2v) is 8.27. The van der Waals surface area contributed by atoms with Crippen molar-refractivity contribution in [2.75, 3.05) is 0 Å². The highest BCUT2D eigenvalue weighted by Crippen LogP contribution is 2.28. The fourth-order valence-corrected chi connectivity index (χ4v) is 4.09. The maximum atomic E-state index is 13.5. The predicted molar refractivity (Wildman–Crippen MR) is 127 cm³/mol. The van der Waals surface area contributed by atoms with Gasteiger partial charge in [0.15, 0.2) is 11.6 Å². The summed E-state index contributed by atoms with van der Waals surface area (Å²) in [6.07, 6.45) is 7.67. The molecule has 0 atom stereocenters. The number of aryl methyl sites for hydroxylation is 1. The number of unbranched alkanes of at least 4 members (excludes halogenated alkanes) is 4. The van der Waals surface area contributed by atoms with Gasteiger partial charge in [-0.2, -0.15) is 0 Å². The van der Waals surface area contributed by atoms with Crippen LogP contribution in [-0.2, 0) is 6.42 Å². The van der Waals surface area contributed by atoms with Crippen molar-refractivity contribution >= 4 is 10.8 Å². The lowest BCUT2D eigenvalue weighted by Crippen LogP contribution is -1.87. The fraction of sp³-hybridized carbons (Fsp3) is 0.241. The minimum Gasteiger partial charge on any atom is -0.204 e. The van der Waals surface area contributed by atoms with Crippen LogP contribution < -0.4 is 0 Å². The first-order valence-electron chi connectivity index (χ1n) is 11.2. The minimum atomic E-state index is -0.823. The van der Waals surface area contributed by atoms with Crippen molar-refractivity contribution in [3.05, 3.63) is 96.1 Å². The van der Waals surface area contributed by atoms with Crippen LogP contribution in [0.5, 0.6) is 0 Å². The van der Waals surface area contributed by atoms with Gasteiger partial charge in [0.2, 0.25) is 0 Å². The third-order valence-electron chi connectivity index (χ3n) is 5.94. The van der Waals surface area contributed by atoms with E-state index in [0.717, 1.165) is 23.1 Å². The fourth-order valence-electron chi connectivity index (χ4n) is 4.09. The van der Waals surface area contributed by atoms with Crippen LogP contribution in [0.15, 0.2) is 78.9 Å². The number of halogens is 2. The SMILES string of the molecule is CCCCCCCc1ccc2cc(-c3ccc(-c4ccc(F)c(F)c4)cc3)ccc2c1. The highest BCUT2D eigenvalue weighted by molar-refractivity contribution is 5.88. The molecule has 2 heteroatoms. The molecule has 4 aromatic rings. The summed E-state index contributed by atoms with van der Waals surface area (Å²) in [6, 6.07) is 25.3. The average molecular weight is 415 g/mol. The van der Waals surface area contributed by atoms with Crippen molar-refractivity contribution in [3.63, 3.8) is 0 Å². The first kappa shape index (κ1) is 21.2. The minimum absolute atomic E-state index is 0.672. The summed E-state index contributed by atoms with van der Waals surface area (Å²) >= 11 is 0. The molecule has 4 rings (SSSR count). The van der Waals surface area contributed by atoms with Crippen molar-refractivity contribution in [1.29, 1.82) is 0 Å². The molecule has 0 aliphatic rings. The van der Waals surface area contributed by atoms with Crippen molar-refractivity contribution in [3.8, 4) is 22.3 Å². The third-order valence-corrected chi connectivity index (χ3v) is 5.94. The van der Waals surface area contributed by atoms with E-state index in [9.17, 15) is 8.78 Å². The topological polar surface area (TPSA) is 0 Å². The molecule has 0 saturated carbocycles. The molecule has 0 N–H and O–H groups in total. The largest absolute Gasteiger partial charge is 0.204 e. The van der Waals surface area contributed by atoms with E-state index < -0.39 is 11.6 Å². The molecule has 31 heavy (non-hydrogen) atoms. The normalized spacial score (nSPS) is 11.2. The Morgan fingerprint density at radius 3 is 1.81 bits per heavy atom. The van der Waals surface area contributed by atoms with E-state index in [2.05, 4.69) is 43.3 Å². The Morgan fingerprint density at radius 1 is 0.516 bits per heavy atom. The van der Waals surface area contributed by atoms with E-state index in [-0.39, 0.29) is 0 Å². The molecule has 0 aliphatic heterocycles. The zero-order valence-electron chi connectivity index (χ0n) is 18.0. The summed E-state index contributed by atoms with van der Waals surface area (Å²) in [5.41, 5.74) is 5.20.